The van der Waals surface area contributed by atoms with Crippen LogP contribution in [0.15, 0.2) is 11.6 Å². The molecular formula is C12H16N4O6. The number of fused-ring (bicyclic) bond motifs is 2. The Morgan fingerprint density at radius 1 is 1.50 bits per heavy atom. The van der Waals surface area contributed by atoms with Crippen molar-refractivity contribution in [2.75, 3.05) is 13.1 Å². The molecule has 0 aromatic rings. The number of carbonyl (C=O) groups excluding carboxylic acids is 3. The van der Waals surface area contributed by atoms with E-state index in [0.717, 1.165) is 4.90 Å². The lowest BCUT2D eigenvalue weighted by Gasteiger charge is -2.27. The number of hydroxylamine groups is 2. The van der Waals surface area contributed by atoms with Crippen LogP contribution in [0.1, 0.15) is 13.3 Å². The molecule has 10 nitrogen and oxygen atoms in total. The standard InChI is InChI=1S/C12H16N4O6/c1-6(17)14-3-2-7-4-8(10(13)18)15-5-9(7)16(11(15)19)22-12(20)21/h4,8-9H,2-3,5H2,1H3,(H2,13,18)(H,14,17)(H,20,21)/t8-,9?/m0/s1. The number of nitrogens with zero attached hydrogens (tertiary/aromatic N) is 2. The Morgan fingerprint density at radius 2 is 2.18 bits per heavy atom. The van der Waals surface area contributed by atoms with Gasteiger partial charge in [-0.3, -0.25) is 9.59 Å². The van der Waals surface area contributed by atoms with Crippen LogP contribution in [0.3, 0.4) is 0 Å². The second-order valence-electron chi connectivity index (χ2n) is 4.96. The van der Waals surface area contributed by atoms with E-state index in [1.54, 1.807) is 0 Å². The maximum atomic E-state index is 12.1. The highest BCUT2D eigenvalue weighted by atomic mass is 16.8. The lowest BCUT2D eigenvalue weighted by molar-refractivity contribution is -0.121. The maximum Gasteiger partial charge on any atom is 0.531 e. The number of hydrogen-bond acceptors (Lipinski definition) is 5. The highest BCUT2D eigenvalue weighted by Crippen LogP contribution is 2.31. The minimum Gasteiger partial charge on any atom is -0.448 e. The zero-order valence-electron chi connectivity index (χ0n) is 11.8. The first-order valence-electron chi connectivity index (χ1n) is 6.56. The third-order valence-corrected chi connectivity index (χ3v) is 3.48. The number of rotatable bonds is 5. The Balaban J connectivity index is 2.21. The van der Waals surface area contributed by atoms with Crippen molar-refractivity contribution in [1.82, 2.24) is 15.3 Å². The second-order valence-corrected chi connectivity index (χ2v) is 4.96. The van der Waals surface area contributed by atoms with Crippen LogP contribution in [0.2, 0.25) is 0 Å². The quantitative estimate of drug-likeness (QED) is 0.557. The first-order chi connectivity index (χ1) is 10.3. The van der Waals surface area contributed by atoms with Crippen LogP contribution in [0.4, 0.5) is 9.59 Å². The number of carboxylic acid groups (broad SMARTS) is 1. The molecule has 120 valence electrons. The summed E-state index contributed by atoms with van der Waals surface area (Å²) >= 11 is 0. The van der Waals surface area contributed by atoms with Crippen LogP contribution < -0.4 is 11.1 Å². The first kappa shape index (κ1) is 15.6. The highest BCUT2D eigenvalue weighted by molar-refractivity contribution is 5.90. The fourth-order valence-corrected chi connectivity index (χ4v) is 2.56. The zero-order chi connectivity index (χ0) is 16.4. The largest absolute Gasteiger partial charge is 0.531 e. The van der Waals surface area contributed by atoms with Gasteiger partial charge in [-0.05, 0) is 12.0 Å². The average Bonchev–Trinajstić information content (AvgIpc) is 2.66. The Labute approximate surface area is 125 Å². The van der Waals surface area contributed by atoms with Gasteiger partial charge in [-0.2, -0.15) is 0 Å². The number of carbonyl (C=O) groups is 4. The smallest absolute Gasteiger partial charge is 0.448 e. The van der Waals surface area contributed by atoms with Crippen LogP contribution in [-0.2, 0) is 14.4 Å². The summed E-state index contributed by atoms with van der Waals surface area (Å²) in [6, 6.07) is -2.33. The van der Waals surface area contributed by atoms with E-state index >= 15 is 0 Å². The van der Waals surface area contributed by atoms with Crippen LogP contribution >= 0.6 is 0 Å². The summed E-state index contributed by atoms with van der Waals surface area (Å²) in [6.45, 7) is 1.76. The van der Waals surface area contributed by atoms with Crippen molar-refractivity contribution in [1.29, 1.82) is 0 Å². The predicted molar refractivity (Wildman–Crippen MR) is 71.2 cm³/mol. The minimum absolute atomic E-state index is 0.103. The van der Waals surface area contributed by atoms with Crippen LogP contribution in [-0.4, -0.2) is 64.2 Å². The molecule has 1 fully saturated rings. The van der Waals surface area contributed by atoms with Crippen LogP contribution in [0.25, 0.3) is 0 Å². The van der Waals surface area contributed by atoms with E-state index in [1.165, 1.54) is 13.0 Å². The summed E-state index contributed by atoms with van der Waals surface area (Å²) in [5.41, 5.74) is 5.89. The molecule has 2 bridgehead atoms. The van der Waals surface area contributed by atoms with E-state index in [2.05, 4.69) is 10.2 Å². The van der Waals surface area contributed by atoms with Crippen molar-refractivity contribution >= 4 is 24.0 Å². The highest BCUT2D eigenvalue weighted by Gasteiger charge is 2.49. The Kier molecular flexibility index (Phi) is 4.20. The van der Waals surface area contributed by atoms with Crippen LogP contribution in [0, 0.1) is 0 Å². The lowest BCUT2D eigenvalue weighted by atomic mass is 9.97. The van der Waals surface area contributed by atoms with Gasteiger partial charge in [-0.15, -0.1) is 5.06 Å². The van der Waals surface area contributed by atoms with E-state index < -0.39 is 30.2 Å². The molecule has 0 aromatic carbocycles. The maximum absolute atomic E-state index is 12.1. The molecule has 0 spiro atoms. The minimum atomic E-state index is -1.63. The Morgan fingerprint density at radius 3 is 2.73 bits per heavy atom. The number of primary amides is 1. The average molecular weight is 312 g/mol. The van der Waals surface area contributed by atoms with E-state index in [4.69, 9.17) is 10.8 Å². The van der Waals surface area contributed by atoms with Gasteiger partial charge in [0.15, 0.2) is 0 Å². The van der Waals surface area contributed by atoms with Crippen molar-refractivity contribution in [2.24, 2.45) is 5.73 Å². The molecule has 2 aliphatic heterocycles. The van der Waals surface area contributed by atoms with Gasteiger partial charge in [0, 0.05) is 13.5 Å². The Bertz CT molecular complexity index is 560. The molecule has 2 heterocycles. The number of amides is 4. The SMILES string of the molecule is CC(=O)NCCC1=C[C@@H](C(N)=O)N2CC1N(OC(=O)O)C2=O. The number of urea groups is 1. The molecule has 0 saturated carbocycles. The van der Waals surface area contributed by atoms with Gasteiger partial charge in [0.2, 0.25) is 11.8 Å². The summed E-state index contributed by atoms with van der Waals surface area (Å²) in [6.07, 6.45) is 0.231. The zero-order valence-corrected chi connectivity index (χ0v) is 11.8. The first-order valence-corrected chi connectivity index (χ1v) is 6.56. The molecular weight excluding hydrogens is 296 g/mol. The van der Waals surface area contributed by atoms with Crippen molar-refractivity contribution in [3.05, 3.63) is 11.6 Å². The fraction of sp³-hybridized carbons (Fsp3) is 0.500. The summed E-state index contributed by atoms with van der Waals surface area (Å²) in [5, 5.41) is 12.0. The van der Waals surface area contributed by atoms with Gasteiger partial charge in [0.1, 0.15) is 12.1 Å². The van der Waals surface area contributed by atoms with Gasteiger partial charge in [-0.1, -0.05) is 6.08 Å². The van der Waals surface area contributed by atoms with Gasteiger partial charge in [-0.25, -0.2) is 9.59 Å². The van der Waals surface area contributed by atoms with E-state index in [-0.39, 0.29) is 19.0 Å². The number of nitrogens with one attached hydrogen (secondary N) is 1. The molecule has 0 aliphatic carbocycles. The molecule has 22 heavy (non-hydrogen) atoms. The summed E-state index contributed by atoms with van der Waals surface area (Å²) in [5.74, 6) is -0.938. The third kappa shape index (κ3) is 2.95. The summed E-state index contributed by atoms with van der Waals surface area (Å²) < 4.78 is 0. The van der Waals surface area contributed by atoms with Crippen molar-refractivity contribution in [3.8, 4) is 0 Å². The van der Waals surface area contributed by atoms with Gasteiger partial charge < -0.3 is 25.9 Å². The summed E-state index contributed by atoms with van der Waals surface area (Å²) in [7, 11) is 0. The molecule has 2 atom stereocenters. The molecule has 1 unspecified atom stereocenters. The lowest BCUT2D eigenvalue weighted by Crippen LogP contribution is -2.46. The summed E-state index contributed by atoms with van der Waals surface area (Å²) in [4.78, 5) is 50.9. The molecule has 4 amide bonds. The van der Waals surface area contributed by atoms with Crippen molar-refractivity contribution in [2.45, 2.75) is 25.4 Å². The molecule has 2 rings (SSSR count). The fourth-order valence-electron chi connectivity index (χ4n) is 2.56. The van der Waals surface area contributed by atoms with Crippen LogP contribution in [0.5, 0.6) is 0 Å². The third-order valence-electron chi connectivity index (χ3n) is 3.48. The number of hydrogen-bond donors (Lipinski definition) is 3. The molecule has 0 aromatic heterocycles. The van der Waals surface area contributed by atoms with E-state index in [9.17, 15) is 19.2 Å². The molecule has 0 radical (unpaired) electrons. The van der Waals surface area contributed by atoms with Crippen molar-refractivity contribution in [3.63, 3.8) is 0 Å². The molecule has 10 heteroatoms. The van der Waals surface area contributed by atoms with Gasteiger partial charge >= 0.3 is 12.2 Å². The van der Waals surface area contributed by atoms with Crippen molar-refractivity contribution < 1.29 is 29.1 Å². The van der Waals surface area contributed by atoms with Gasteiger partial charge in [0.05, 0.1) is 6.54 Å². The monoisotopic (exact) mass is 312 g/mol. The molecule has 4 N–H and O–H groups in total. The number of nitrogens with two attached hydrogens (primary N) is 1. The topological polar surface area (TPSA) is 142 Å². The molecule has 2 aliphatic rings. The van der Waals surface area contributed by atoms with Gasteiger partial charge in [0.25, 0.3) is 0 Å². The predicted octanol–water partition coefficient (Wildman–Crippen LogP) is -0.978. The second kappa shape index (κ2) is 5.92. The van der Waals surface area contributed by atoms with E-state index in [1.807, 2.05) is 0 Å². The van der Waals surface area contributed by atoms with E-state index in [0.29, 0.717) is 17.1 Å². The Hall–Kier alpha value is -2.78. The molecule has 1 saturated heterocycles. The normalized spacial score (nSPS) is 23.1.